The van der Waals surface area contributed by atoms with Gasteiger partial charge in [-0.15, -0.1) is 0 Å². The molecule has 4 nitrogen and oxygen atoms in total. The largest absolute Gasteiger partial charge is 0.347 e. The maximum absolute atomic E-state index is 12.9. The normalized spacial score (nSPS) is 24.4. The van der Waals surface area contributed by atoms with Crippen LogP contribution >= 0.6 is 11.6 Å². The lowest BCUT2D eigenvalue weighted by atomic mass is 10.0. The Morgan fingerprint density at radius 3 is 2.44 bits per heavy atom. The van der Waals surface area contributed by atoms with Crippen molar-refractivity contribution in [2.45, 2.75) is 24.9 Å². The van der Waals surface area contributed by atoms with Crippen molar-refractivity contribution in [1.29, 1.82) is 0 Å². The molecule has 2 bridgehead atoms. The fraction of sp³-hybridized carbons (Fsp3) is 0.300. The number of piperidine rings is 1. The smallest absolute Gasteiger partial charge is 0.255 e. The standard InChI is InChI=1S/C20H19ClN2O2/c21-16-9-5-4-8-15(16)20(25)23-12-13-10-17(18(23)11-13)22-19(24)14-6-2-1-3-7-14/h1-9,13,17-18H,10-12H2,(H,22,24). The van der Waals surface area contributed by atoms with Crippen molar-refractivity contribution in [1.82, 2.24) is 10.2 Å². The Balaban J connectivity index is 1.50. The minimum absolute atomic E-state index is 0.00195. The predicted octanol–water partition coefficient (Wildman–Crippen LogP) is 3.37. The Bertz CT molecular complexity index is 808. The van der Waals surface area contributed by atoms with Gasteiger partial charge in [-0.2, -0.15) is 0 Å². The number of hydrogen-bond donors (Lipinski definition) is 1. The van der Waals surface area contributed by atoms with Crippen LogP contribution in [0.2, 0.25) is 5.02 Å². The Labute approximate surface area is 151 Å². The van der Waals surface area contributed by atoms with E-state index >= 15 is 0 Å². The van der Waals surface area contributed by atoms with Crippen LogP contribution in [-0.2, 0) is 0 Å². The molecule has 2 aromatic carbocycles. The lowest BCUT2D eigenvalue weighted by Gasteiger charge is -2.34. The summed E-state index contributed by atoms with van der Waals surface area (Å²) in [4.78, 5) is 27.2. The van der Waals surface area contributed by atoms with Crippen LogP contribution in [0.4, 0.5) is 0 Å². The van der Waals surface area contributed by atoms with E-state index in [-0.39, 0.29) is 23.9 Å². The molecule has 0 spiro atoms. The van der Waals surface area contributed by atoms with Gasteiger partial charge in [-0.3, -0.25) is 9.59 Å². The maximum Gasteiger partial charge on any atom is 0.255 e. The van der Waals surface area contributed by atoms with Gasteiger partial charge in [0.05, 0.1) is 16.6 Å². The molecule has 4 rings (SSSR count). The molecule has 0 radical (unpaired) electrons. The number of fused-ring (bicyclic) bond motifs is 2. The zero-order valence-corrected chi connectivity index (χ0v) is 14.4. The number of nitrogens with one attached hydrogen (secondary N) is 1. The van der Waals surface area contributed by atoms with Gasteiger partial charge in [-0.25, -0.2) is 0 Å². The number of amides is 2. The molecule has 1 aliphatic heterocycles. The van der Waals surface area contributed by atoms with Crippen LogP contribution in [0.1, 0.15) is 33.6 Å². The summed E-state index contributed by atoms with van der Waals surface area (Å²) in [5.41, 5.74) is 1.18. The number of halogens is 1. The van der Waals surface area contributed by atoms with Gasteiger partial charge < -0.3 is 10.2 Å². The quantitative estimate of drug-likeness (QED) is 0.918. The highest BCUT2D eigenvalue weighted by atomic mass is 35.5. The van der Waals surface area contributed by atoms with Crippen molar-refractivity contribution in [2.75, 3.05) is 6.54 Å². The minimum Gasteiger partial charge on any atom is -0.347 e. The highest BCUT2D eigenvalue weighted by Crippen LogP contribution is 2.39. The number of hydrogen-bond acceptors (Lipinski definition) is 2. The van der Waals surface area contributed by atoms with Crippen molar-refractivity contribution in [3.05, 3.63) is 70.7 Å². The second-order valence-corrected chi connectivity index (χ2v) is 7.20. The molecule has 128 valence electrons. The van der Waals surface area contributed by atoms with E-state index in [0.717, 1.165) is 19.4 Å². The van der Waals surface area contributed by atoms with Crippen molar-refractivity contribution in [3.8, 4) is 0 Å². The Hall–Kier alpha value is -2.33. The summed E-state index contributed by atoms with van der Waals surface area (Å²) in [6, 6.07) is 16.4. The van der Waals surface area contributed by atoms with E-state index in [4.69, 9.17) is 11.6 Å². The summed E-state index contributed by atoms with van der Waals surface area (Å²) in [5, 5.41) is 3.58. The Morgan fingerprint density at radius 1 is 1.00 bits per heavy atom. The van der Waals surface area contributed by atoms with E-state index in [9.17, 15) is 9.59 Å². The van der Waals surface area contributed by atoms with E-state index in [1.807, 2.05) is 35.2 Å². The van der Waals surface area contributed by atoms with E-state index in [2.05, 4.69) is 5.32 Å². The molecule has 2 aromatic rings. The van der Waals surface area contributed by atoms with Crippen molar-refractivity contribution in [3.63, 3.8) is 0 Å². The summed E-state index contributed by atoms with van der Waals surface area (Å²) in [6.45, 7) is 0.742. The topological polar surface area (TPSA) is 49.4 Å². The second-order valence-electron chi connectivity index (χ2n) is 6.79. The van der Waals surface area contributed by atoms with Gasteiger partial charge in [-0.05, 0) is 43.0 Å². The average Bonchev–Trinajstić information content (AvgIpc) is 3.22. The third-order valence-corrected chi connectivity index (χ3v) is 5.53. The molecule has 2 fully saturated rings. The Morgan fingerprint density at radius 2 is 1.72 bits per heavy atom. The van der Waals surface area contributed by atoms with Gasteiger partial charge in [0.1, 0.15) is 0 Å². The first-order valence-corrected chi connectivity index (χ1v) is 8.92. The summed E-state index contributed by atoms with van der Waals surface area (Å²) < 4.78 is 0. The fourth-order valence-electron chi connectivity index (χ4n) is 4.04. The molecule has 3 atom stereocenters. The summed E-state index contributed by atoms with van der Waals surface area (Å²) in [7, 11) is 0. The van der Waals surface area contributed by atoms with Crippen LogP contribution in [0.3, 0.4) is 0 Å². The van der Waals surface area contributed by atoms with Crippen LogP contribution in [0, 0.1) is 5.92 Å². The Kier molecular flexibility index (Phi) is 4.22. The van der Waals surface area contributed by atoms with Gasteiger partial charge in [0.15, 0.2) is 0 Å². The molecule has 2 aliphatic rings. The van der Waals surface area contributed by atoms with Gasteiger partial charge in [0, 0.05) is 18.2 Å². The van der Waals surface area contributed by atoms with Crippen LogP contribution < -0.4 is 5.32 Å². The van der Waals surface area contributed by atoms with E-state index in [1.165, 1.54) is 0 Å². The summed E-state index contributed by atoms with van der Waals surface area (Å²) in [5.74, 6) is 0.317. The van der Waals surface area contributed by atoms with E-state index in [1.54, 1.807) is 24.3 Å². The first-order chi connectivity index (χ1) is 12.1. The molecule has 5 heteroatoms. The predicted molar refractivity (Wildman–Crippen MR) is 96.7 cm³/mol. The monoisotopic (exact) mass is 354 g/mol. The summed E-state index contributed by atoms with van der Waals surface area (Å²) in [6.07, 6.45) is 1.87. The number of likely N-dealkylation sites (tertiary alicyclic amines) is 1. The molecular weight excluding hydrogens is 336 g/mol. The van der Waals surface area contributed by atoms with E-state index < -0.39 is 0 Å². The van der Waals surface area contributed by atoms with Crippen molar-refractivity contribution >= 4 is 23.4 Å². The van der Waals surface area contributed by atoms with Gasteiger partial charge >= 0.3 is 0 Å². The minimum atomic E-state index is -0.0803. The number of nitrogens with zero attached hydrogens (tertiary/aromatic N) is 1. The zero-order chi connectivity index (χ0) is 17.4. The molecule has 25 heavy (non-hydrogen) atoms. The first-order valence-electron chi connectivity index (χ1n) is 8.55. The number of carbonyl (C=O) groups is 2. The number of carbonyl (C=O) groups excluding carboxylic acids is 2. The highest BCUT2D eigenvalue weighted by molar-refractivity contribution is 6.33. The van der Waals surface area contributed by atoms with E-state index in [0.29, 0.717) is 22.1 Å². The molecule has 1 aliphatic carbocycles. The zero-order valence-electron chi connectivity index (χ0n) is 13.7. The van der Waals surface area contributed by atoms with Crippen LogP contribution in [0.5, 0.6) is 0 Å². The average molecular weight is 355 g/mol. The molecule has 0 aromatic heterocycles. The molecule has 3 unspecified atom stereocenters. The molecule has 1 saturated carbocycles. The lowest BCUT2D eigenvalue weighted by molar-refractivity contribution is 0.0648. The van der Waals surface area contributed by atoms with Crippen molar-refractivity contribution < 1.29 is 9.59 Å². The maximum atomic E-state index is 12.9. The highest BCUT2D eigenvalue weighted by Gasteiger charge is 2.47. The second kappa shape index (κ2) is 6.52. The number of rotatable bonds is 3. The summed E-state index contributed by atoms with van der Waals surface area (Å²) >= 11 is 6.18. The molecule has 1 N–H and O–H groups in total. The van der Waals surface area contributed by atoms with Gasteiger partial charge in [-0.1, -0.05) is 41.9 Å². The fourth-order valence-corrected chi connectivity index (χ4v) is 4.26. The lowest BCUT2D eigenvalue weighted by Crippen LogP contribution is -2.52. The SMILES string of the molecule is O=C(NC1CC2CC1N(C(=O)c1ccccc1Cl)C2)c1ccccc1. The van der Waals surface area contributed by atoms with Gasteiger partial charge in [0.25, 0.3) is 11.8 Å². The van der Waals surface area contributed by atoms with Crippen LogP contribution in [-0.4, -0.2) is 35.3 Å². The molecule has 1 heterocycles. The number of benzene rings is 2. The van der Waals surface area contributed by atoms with Crippen LogP contribution in [0.15, 0.2) is 54.6 Å². The third-order valence-electron chi connectivity index (χ3n) is 5.20. The molecular formula is C20H19ClN2O2. The van der Waals surface area contributed by atoms with Gasteiger partial charge in [0.2, 0.25) is 0 Å². The molecule has 1 saturated heterocycles. The first kappa shape index (κ1) is 16.2. The van der Waals surface area contributed by atoms with Crippen molar-refractivity contribution in [2.24, 2.45) is 5.92 Å². The third kappa shape index (κ3) is 3.02. The molecule has 2 amide bonds. The van der Waals surface area contributed by atoms with Crippen LogP contribution in [0.25, 0.3) is 0 Å².